The summed E-state index contributed by atoms with van der Waals surface area (Å²) in [5, 5.41) is 12.4. The predicted molar refractivity (Wildman–Crippen MR) is 109 cm³/mol. The molecule has 0 aliphatic carbocycles. The van der Waals surface area contributed by atoms with E-state index in [1.54, 1.807) is 30.3 Å². The standard InChI is InChI=1S/C20H13Cl2N3O3/c21-15-6-4-14(5-7-15)20-23-18-9-8-17(25(26)27)11-19(18)24(20)28-12-13-2-1-3-16(22)10-13/h1-11H,12H2. The predicted octanol–water partition coefficient (Wildman–Crippen LogP) is 5.55. The van der Waals surface area contributed by atoms with E-state index in [1.807, 2.05) is 24.3 Å². The summed E-state index contributed by atoms with van der Waals surface area (Å²) in [6.07, 6.45) is 0. The van der Waals surface area contributed by atoms with Gasteiger partial charge in [0.2, 0.25) is 0 Å². The van der Waals surface area contributed by atoms with Crippen molar-refractivity contribution >= 4 is 39.9 Å². The zero-order valence-corrected chi connectivity index (χ0v) is 15.9. The summed E-state index contributed by atoms with van der Waals surface area (Å²) in [6.45, 7) is 0.218. The number of nitro benzene ring substituents is 1. The van der Waals surface area contributed by atoms with Gasteiger partial charge in [0.15, 0.2) is 5.82 Å². The molecule has 0 radical (unpaired) electrons. The third-order valence-electron chi connectivity index (χ3n) is 4.16. The number of rotatable bonds is 5. The minimum Gasteiger partial charge on any atom is -0.407 e. The maximum absolute atomic E-state index is 11.2. The molecular weight excluding hydrogens is 401 g/mol. The van der Waals surface area contributed by atoms with Crippen molar-refractivity contribution in [2.24, 2.45) is 0 Å². The van der Waals surface area contributed by atoms with Gasteiger partial charge in [0, 0.05) is 27.7 Å². The average molecular weight is 414 g/mol. The SMILES string of the molecule is O=[N+]([O-])c1ccc2nc(-c3ccc(Cl)cc3)n(OCc3cccc(Cl)c3)c2c1. The summed E-state index contributed by atoms with van der Waals surface area (Å²) < 4.78 is 1.51. The normalized spacial score (nSPS) is 10.9. The molecular formula is C20H13Cl2N3O3. The number of aromatic nitrogens is 2. The minimum absolute atomic E-state index is 0.0392. The van der Waals surface area contributed by atoms with Gasteiger partial charge in [-0.1, -0.05) is 35.3 Å². The van der Waals surface area contributed by atoms with E-state index in [1.165, 1.54) is 16.9 Å². The van der Waals surface area contributed by atoms with Crippen LogP contribution in [0.15, 0.2) is 66.7 Å². The van der Waals surface area contributed by atoms with Gasteiger partial charge in [-0.05, 0) is 48.0 Å². The van der Waals surface area contributed by atoms with E-state index in [0.29, 0.717) is 26.9 Å². The van der Waals surface area contributed by atoms with Gasteiger partial charge in [0.05, 0.1) is 10.4 Å². The summed E-state index contributed by atoms with van der Waals surface area (Å²) in [4.78, 5) is 21.3. The Bertz CT molecular complexity index is 1170. The molecule has 0 amide bonds. The maximum atomic E-state index is 11.2. The molecule has 0 aliphatic heterocycles. The van der Waals surface area contributed by atoms with Crippen molar-refractivity contribution in [1.29, 1.82) is 0 Å². The Morgan fingerprint density at radius 2 is 1.79 bits per heavy atom. The molecule has 0 atom stereocenters. The smallest absolute Gasteiger partial charge is 0.271 e. The van der Waals surface area contributed by atoms with Gasteiger partial charge < -0.3 is 4.84 Å². The molecule has 1 aromatic heterocycles. The van der Waals surface area contributed by atoms with Crippen molar-refractivity contribution < 1.29 is 9.76 Å². The van der Waals surface area contributed by atoms with Crippen LogP contribution in [0.1, 0.15) is 5.56 Å². The highest BCUT2D eigenvalue weighted by Gasteiger charge is 2.17. The number of nitrogens with zero attached hydrogens (tertiary/aromatic N) is 3. The van der Waals surface area contributed by atoms with Crippen LogP contribution in [-0.4, -0.2) is 14.6 Å². The van der Waals surface area contributed by atoms with E-state index in [9.17, 15) is 10.1 Å². The Morgan fingerprint density at radius 3 is 2.50 bits per heavy atom. The highest BCUT2D eigenvalue weighted by atomic mass is 35.5. The van der Waals surface area contributed by atoms with E-state index in [0.717, 1.165) is 11.1 Å². The van der Waals surface area contributed by atoms with Crippen molar-refractivity contribution in [3.8, 4) is 11.4 Å². The van der Waals surface area contributed by atoms with Gasteiger partial charge in [-0.3, -0.25) is 10.1 Å². The third kappa shape index (κ3) is 3.65. The Balaban J connectivity index is 1.81. The number of non-ortho nitro benzene ring substituents is 1. The number of hydrogen-bond donors (Lipinski definition) is 0. The largest absolute Gasteiger partial charge is 0.407 e. The summed E-state index contributed by atoms with van der Waals surface area (Å²) in [6, 6.07) is 18.9. The van der Waals surface area contributed by atoms with Crippen LogP contribution in [-0.2, 0) is 6.61 Å². The molecule has 28 heavy (non-hydrogen) atoms. The number of nitro groups is 1. The van der Waals surface area contributed by atoms with Gasteiger partial charge >= 0.3 is 0 Å². The molecule has 1 heterocycles. The van der Waals surface area contributed by atoms with E-state index >= 15 is 0 Å². The van der Waals surface area contributed by atoms with Crippen LogP contribution in [0.4, 0.5) is 5.69 Å². The van der Waals surface area contributed by atoms with Crippen LogP contribution < -0.4 is 4.84 Å². The number of fused-ring (bicyclic) bond motifs is 1. The zero-order valence-electron chi connectivity index (χ0n) is 14.4. The molecule has 0 bridgehead atoms. The topological polar surface area (TPSA) is 70.2 Å². The first kappa shape index (κ1) is 18.3. The molecule has 0 unspecified atom stereocenters. The zero-order chi connectivity index (χ0) is 19.7. The molecule has 0 spiro atoms. The average Bonchev–Trinajstić information content (AvgIpc) is 3.04. The Kier molecular flexibility index (Phi) is 4.90. The fourth-order valence-electron chi connectivity index (χ4n) is 2.83. The first-order valence-corrected chi connectivity index (χ1v) is 9.07. The number of benzene rings is 3. The molecule has 0 fully saturated rings. The van der Waals surface area contributed by atoms with E-state index in [-0.39, 0.29) is 12.3 Å². The second-order valence-corrected chi connectivity index (χ2v) is 6.94. The molecule has 0 saturated carbocycles. The number of imidazole rings is 1. The lowest BCUT2D eigenvalue weighted by Gasteiger charge is -2.11. The monoisotopic (exact) mass is 413 g/mol. The van der Waals surface area contributed by atoms with Crippen molar-refractivity contribution in [2.45, 2.75) is 6.61 Å². The number of halogens is 2. The van der Waals surface area contributed by atoms with Gasteiger partial charge in [-0.2, -0.15) is 4.73 Å². The van der Waals surface area contributed by atoms with Crippen LogP contribution in [0.25, 0.3) is 22.4 Å². The van der Waals surface area contributed by atoms with Crippen molar-refractivity contribution in [3.63, 3.8) is 0 Å². The molecule has 3 aromatic carbocycles. The molecule has 4 aromatic rings. The highest BCUT2D eigenvalue weighted by Crippen LogP contribution is 2.28. The molecule has 0 aliphatic rings. The quantitative estimate of drug-likeness (QED) is 0.317. The van der Waals surface area contributed by atoms with Crippen LogP contribution in [0.5, 0.6) is 0 Å². The van der Waals surface area contributed by atoms with Crippen LogP contribution >= 0.6 is 23.2 Å². The van der Waals surface area contributed by atoms with Gasteiger partial charge in [0.1, 0.15) is 12.1 Å². The molecule has 0 N–H and O–H groups in total. The van der Waals surface area contributed by atoms with E-state index in [2.05, 4.69) is 4.98 Å². The van der Waals surface area contributed by atoms with E-state index in [4.69, 9.17) is 28.0 Å². The molecule has 140 valence electrons. The van der Waals surface area contributed by atoms with Crippen molar-refractivity contribution in [2.75, 3.05) is 0 Å². The fourth-order valence-corrected chi connectivity index (χ4v) is 3.17. The lowest BCUT2D eigenvalue weighted by atomic mass is 10.2. The highest BCUT2D eigenvalue weighted by molar-refractivity contribution is 6.30. The summed E-state index contributed by atoms with van der Waals surface area (Å²) >= 11 is 12.0. The molecule has 0 saturated heterocycles. The Morgan fingerprint density at radius 1 is 1.00 bits per heavy atom. The van der Waals surface area contributed by atoms with Crippen LogP contribution in [0, 0.1) is 10.1 Å². The first-order valence-electron chi connectivity index (χ1n) is 8.32. The fraction of sp³-hybridized carbons (Fsp3) is 0.0500. The lowest BCUT2D eigenvalue weighted by Crippen LogP contribution is -2.12. The maximum Gasteiger partial charge on any atom is 0.271 e. The second-order valence-electron chi connectivity index (χ2n) is 6.07. The summed E-state index contributed by atoms with van der Waals surface area (Å²) in [5.41, 5.74) is 2.68. The van der Waals surface area contributed by atoms with Crippen molar-refractivity contribution in [3.05, 3.63) is 92.5 Å². The molecule has 6 nitrogen and oxygen atoms in total. The minimum atomic E-state index is -0.449. The molecule has 4 rings (SSSR count). The Labute approximate surface area is 170 Å². The van der Waals surface area contributed by atoms with Crippen molar-refractivity contribution in [1.82, 2.24) is 9.71 Å². The van der Waals surface area contributed by atoms with Crippen LogP contribution in [0.2, 0.25) is 10.0 Å². The second kappa shape index (κ2) is 7.50. The van der Waals surface area contributed by atoms with E-state index < -0.39 is 4.92 Å². The third-order valence-corrected chi connectivity index (χ3v) is 4.65. The Hall–Kier alpha value is -3.09. The van der Waals surface area contributed by atoms with Gasteiger partial charge in [-0.15, -0.1) is 0 Å². The molecule has 8 heteroatoms. The summed E-state index contributed by atoms with van der Waals surface area (Å²) in [5.74, 6) is 0.522. The lowest BCUT2D eigenvalue weighted by molar-refractivity contribution is -0.384. The van der Waals surface area contributed by atoms with Gasteiger partial charge in [-0.25, -0.2) is 4.98 Å². The summed E-state index contributed by atoms with van der Waals surface area (Å²) in [7, 11) is 0. The first-order chi connectivity index (χ1) is 13.5. The van der Waals surface area contributed by atoms with Gasteiger partial charge in [0.25, 0.3) is 5.69 Å². The number of hydrogen-bond acceptors (Lipinski definition) is 4. The van der Waals surface area contributed by atoms with Crippen LogP contribution in [0.3, 0.4) is 0 Å².